The molecule has 8 nitrogen and oxygen atoms in total. The van der Waals surface area contributed by atoms with Gasteiger partial charge in [0.05, 0.1) is 31.5 Å². The van der Waals surface area contributed by atoms with E-state index in [9.17, 15) is 4.79 Å². The van der Waals surface area contributed by atoms with Crippen LogP contribution >= 0.6 is 12.2 Å². The minimum Gasteiger partial charge on any atom is -0.496 e. The molecule has 0 fully saturated rings. The fourth-order valence-corrected chi connectivity index (χ4v) is 4.24. The monoisotopic (exact) mass is 464 g/mol. The Hall–Kier alpha value is -3.85. The zero-order chi connectivity index (χ0) is 23.5. The van der Waals surface area contributed by atoms with Gasteiger partial charge in [0.2, 0.25) is 0 Å². The van der Waals surface area contributed by atoms with Gasteiger partial charge in [0.15, 0.2) is 10.9 Å². The fraction of sp³-hybridized carbons (Fsp3) is 0.208. The van der Waals surface area contributed by atoms with Gasteiger partial charge < -0.3 is 24.6 Å². The number of aryl methyl sites for hydroxylation is 1. The zero-order valence-corrected chi connectivity index (χ0v) is 19.5. The van der Waals surface area contributed by atoms with E-state index in [0.717, 1.165) is 11.3 Å². The number of allylic oxidation sites excluding steroid dienone is 1. The molecule has 2 N–H and O–H groups in total. The van der Waals surface area contributed by atoms with Gasteiger partial charge in [0, 0.05) is 17.3 Å². The molecule has 33 heavy (non-hydrogen) atoms. The predicted octanol–water partition coefficient (Wildman–Crippen LogP) is 4.35. The number of methoxy groups -OCH3 is 2. The van der Waals surface area contributed by atoms with Crippen LogP contribution in [0.5, 0.6) is 11.5 Å². The first-order valence-corrected chi connectivity index (χ1v) is 10.7. The van der Waals surface area contributed by atoms with Crippen LogP contribution in [0, 0.1) is 6.92 Å². The van der Waals surface area contributed by atoms with Gasteiger partial charge in [-0.15, -0.1) is 0 Å². The number of anilines is 2. The highest BCUT2D eigenvalue weighted by Crippen LogP contribution is 2.39. The molecule has 0 bridgehead atoms. The molecule has 1 aliphatic rings. The quantitative estimate of drug-likeness (QED) is 0.521. The first-order chi connectivity index (χ1) is 15.9. The summed E-state index contributed by atoms with van der Waals surface area (Å²) in [4.78, 5) is 15.4. The van der Waals surface area contributed by atoms with Crippen LogP contribution in [0.25, 0.3) is 0 Å². The van der Waals surface area contributed by atoms with Crippen molar-refractivity contribution in [3.63, 3.8) is 0 Å². The van der Waals surface area contributed by atoms with Crippen LogP contribution in [0.3, 0.4) is 0 Å². The van der Waals surface area contributed by atoms with Gasteiger partial charge in [-0.3, -0.25) is 9.69 Å². The molecule has 2 heterocycles. The highest BCUT2D eigenvalue weighted by atomic mass is 32.1. The first-order valence-electron chi connectivity index (χ1n) is 10.3. The van der Waals surface area contributed by atoms with E-state index < -0.39 is 6.04 Å². The van der Waals surface area contributed by atoms with Crippen molar-refractivity contribution in [2.24, 2.45) is 0 Å². The van der Waals surface area contributed by atoms with Crippen molar-refractivity contribution in [2.45, 2.75) is 19.9 Å². The van der Waals surface area contributed by atoms with Gasteiger partial charge >= 0.3 is 0 Å². The topological polar surface area (TPSA) is 88.9 Å². The fourth-order valence-electron chi connectivity index (χ4n) is 3.89. The van der Waals surface area contributed by atoms with E-state index in [2.05, 4.69) is 15.8 Å². The molecule has 9 heteroatoms. The lowest BCUT2D eigenvalue weighted by Crippen LogP contribution is -2.48. The Balaban J connectivity index is 1.86. The van der Waals surface area contributed by atoms with Crippen molar-refractivity contribution in [1.29, 1.82) is 0 Å². The molecule has 4 rings (SSSR count). The maximum absolute atomic E-state index is 13.6. The Kier molecular flexibility index (Phi) is 6.32. The molecule has 1 amide bonds. The summed E-state index contributed by atoms with van der Waals surface area (Å²) in [7, 11) is 3.19. The number of ether oxygens (including phenoxy) is 2. The van der Waals surface area contributed by atoms with Crippen molar-refractivity contribution in [3.8, 4) is 11.5 Å². The number of carbonyl (C=O) groups is 1. The molecule has 0 saturated heterocycles. The third-order valence-electron chi connectivity index (χ3n) is 5.37. The van der Waals surface area contributed by atoms with Crippen LogP contribution in [0.1, 0.15) is 24.3 Å². The number of carbonyl (C=O) groups excluding carboxylic acids is 1. The molecule has 1 aromatic heterocycles. The van der Waals surface area contributed by atoms with Gasteiger partial charge in [-0.25, -0.2) is 0 Å². The first kappa shape index (κ1) is 22.3. The molecule has 0 spiro atoms. The van der Waals surface area contributed by atoms with Gasteiger partial charge in [-0.05, 0) is 44.3 Å². The normalized spacial score (nSPS) is 15.8. The predicted molar refractivity (Wildman–Crippen MR) is 130 cm³/mol. The van der Waals surface area contributed by atoms with E-state index >= 15 is 0 Å². The summed E-state index contributed by atoms with van der Waals surface area (Å²) in [6.45, 7) is 3.61. The smallest absolute Gasteiger partial charge is 0.257 e. The Morgan fingerprint density at radius 2 is 1.76 bits per heavy atom. The van der Waals surface area contributed by atoms with Crippen molar-refractivity contribution in [3.05, 3.63) is 77.2 Å². The van der Waals surface area contributed by atoms with Crippen LogP contribution in [-0.2, 0) is 4.79 Å². The Morgan fingerprint density at radius 3 is 2.42 bits per heavy atom. The number of benzene rings is 2. The zero-order valence-electron chi connectivity index (χ0n) is 18.7. The molecule has 2 aromatic carbocycles. The minimum absolute atomic E-state index is 0.327. The molecule has 170 valence electrons. The summed E-state index contributed by atoms with van der Waals surface area (Å²) in [6, 6.07) is 16.1. The highest BCUT2D eigenvalue weighted by Gasteiger charge is 2.37. The van der Waals surface area contributed by atoms with Gasteiger partial charge in [-0.2, -0.15) is 0 Å². The molecule has 1 atom stereocenters. The summed E-state index contributed by atoms with van der Waals surface area (Å²) in [5.74, 6) is 1.85. The van der Waals surface area contributed by atoms with E-state index in [0.29, 0.717) is 39.5 Å². The number of nitrogens with zero attached hydrogens (tertiary/aromatic N) is 2. The molecule has 1 unspecified atom stereocenters. The molecule has 1 aliphatic heterocycles. The van der Waals surface area contributed by atoms with E-state index in [1.54, 1.807) is 32.1 Å². The maximum atomic E-state index is 13.6. The van der Waals surface area contributed by atoms with Crippen LogP contribution < -0.4 is 25.0 Å². The van der Waals surface area contributed by atoms with E-state index in [-0.39, 0.29) is 5.91 Å². The summed E-state index contributed by atoms with van der Waals surface area (Å²) in [5.41, 5.74) is 2.61. The largest absolute Gasteiger partial charge is 0.496 e. The summed E-state index contributed by atoms with van der Waals surface area (Å²) >= 11 is 5.75. The summed E-state index contributed by atoms with van der Waals surface area (Å²) in [6.07, 6.45) is 0. The average Bonchev–Trinajstić information content (AvgIpc) is 3.23. The molecule has 0 radical (unpaired) electrons. The van der Waals surface area contributed by atoms with E-state index in [1.165, 1.54) is 0 Å². The lowest BCUT2D eigenvalue weighted by atomic mass is 9.93. The minimum atomic E-state index is -0.549. The van der Waals surface area contributed by atoms with Crippen molar-refractivity contribution in [1.82, 2.24) is 10.5 Å². The SMILES string of the molecule is COc1ccccc1C1NC(=S)N(c2ccccc2OC)C(C)=C1C(=O)Nc1cc(C)on1. The lowest BCUT2D eigenvalue weighted by molar-refractivity contribution is -0.113. The molecular weight excluding hydrogens is 440 g/mol. The number of thiocarbonyl (C=S) groups is 1. The van der Waals surface area contributed by atoms with Crippen molar-refractivity contribution >= 4 is 34.7 Å². The number of para-hydroxylation sites is 3. The van der Waals surface area contributed by atoms with Crippen molar-refractivity contribution in [2.75, 3.05) is 24.4 Å². The van der Waals surface area contributed by atoms with Gasteiger partial charge in [0.1, 0.15) is 17.3 Å². The van der Waals surface area contributed by atoms with Gasteiger partial charge in [-0.1, -0.05) is 35.5 Å². The summed E-state index contributed by atoms with van der Waals surface area (Å²) in [5, 5.41) is 10.5. The third kappa shape index (κ3) is 4.27. The molecule has 0 aliphatic carbocycles. The number of rotatable bonds is 6. The molecule has 3 aromatic rings. The third-order valence-corrected chi connectivity index (χ3v) is 5.68. The second-order valence-electron chi connectivity index (χ2n) is 7.41. The number of amides is 1. The van der Waals surface area contributed by atoms with Crippen LogP contribution in [-0.4, -0.2) is 30.4 Å². The van der Waals surface area contributed by atoms with E-state index in [1.807, 2.05) is 55.5 Å². The number of hydrogen-bond donors (Lipinski definition) is 2. The maximum Gasteiger partial charge on any atom is 0.257 e. The summed E-state index contributed by atoms with van der Waals surface area (Å²) < 4.78 is 16.2. The lowest BCUT2D eigenvalue weighted by Gasteiger charge is -2.38. The standard InChI is InChI=1S/C24H24N4O4S/c1-14-13-20(27-32-14)25-23(29)21-15(2)28(17-10-6-8-12-19(17)31-4)24(33)26-22(21)16-9-5-7-11-18(16)30-3/h5-13,22H,1-4H3,(H,26,33)(H,25,27,29). The molecule has 0 saturated carbocycles. The average molecular weight is 465 g/mol. The second kappa shape index (κ2) is 9.33. The number of hydrogen-bond acceptors (Lipinski definition) is 6. The second-order valence-corrected chi connectivity index (χ2v) is 7.79. The Labute approximate surface area is 197 Å². The van der Waals surface area contributed by atoms with Crippen LogP contribution in [0.4, 0.5) is 11.5 Å². The highest BCUT2D eigenvalue weighted by molar-refractivity contribution is 7.80. The van der Waals surface area contributed by atoms with Crippen LogP contribution in [0.15, 0.2) is 70.4 Å². The number of nitrogens with one attached hydrogen (secondary N) is 2. The Morgan fingerprint density at radius 1 is 1.09 bits per heavy atom. The number of aromatic nitrogens is 1. The van der Waals surface area contributed by atoms with Crippen LogP contribution in [0.2, 0.25) is 0 Å². The Bertz CT molecular complexity index is 1240. The van der Waals surface area contributed by atoms with Gasteiger partial charge in [0.25, 0.3) is 5.91 Å². The molecular formula is C24H24N4O4S. The van der Waals surface area contributed by atoms with E-state index in [4.69, 9.17) is 26.2 Å². The van der Waals surface area contributed by atoms with Crippen molar-refractivity contribution < 1.29 is 18.8 Å².